The molecule has 5 heteroatoms. The second-order valence-electron chi connectivity index (χ2n) is 4.70. The van der Waals surface area contributed by atoms with E-state index in [-0.39, 0.29) is 17.3 Å². The van der Waals surface area contributed by atoms with Crippen molar-refractivity contribution in [1.82, 2.24) is 0 Å². The number of hydrogen-bond acceptors (Lipinski definition) is 4. The molecular formula is C13H12FNO3. The highest BCUT2D eigenvalue weighted by Crippen LogP contribution is 2.46. The van der Waals surface area contributed by atoms with Crippen LogP contribution in [0.25, 0.3) is 0 Å². The van der Waals surface area contributed by atoms with Gasteiger partial charge in [-0.15, -0.1) is 0 Å². The first-order chi connectivity index (χ1) is 8.67. The van der Waals surface area contributed by atoms with Crippen molar-refractivity contribution < 1.29 is 19.1 Å². The van der Waals surface area contributed by atoms with Gasteiger partial charge in [-0.25, -0.2) is 4.39 Å². The molecule has 1 fully saturated rings. The summed E-state index contributed by atoms with van der Waals surface area (Å²) in [6.07, 6.45) is 1.47. The van der Waals surface area contributed by atoms with E-state index in [0.29, 0.717) is 37.2 Å². The van der Waals surface area contributed by atoms with Gasteiger partial charge in [0.25, 0.3) is 0 Å². The fraction of sp³-hybridized carbons (Fsp3) is 0.385. The zero-order valence-corrected chi connectivity index (χ0v) is 9.65. The number of carbonyl (C=O) groups is 1. The molecule has 18 heavy (non-hydrogen) atoms. The van der Waals surface area contributed by atoms with E-state index >= 15 is 0 Å². The first kappa shape index (κ1) is 11.2. The third kappa shape index (κ3) is 1.36. The highest BCUT2D eigenvalue weighted by molar-refractivity contribution is 6.45. The molecule has 3 rings (SSSR count). The molecule has 1 N–H and O–H groups in total. The minimum absolute atomic E-state index is 0.173. The first-order valence-electron chi connectivity index (χ1n) is 5.86. The van der Waals surface area contributed by atoms with Gasteiger partial charge in [0.05, 0.1) is 12.0 Å². The lowest BCUT2D eigenvalue weighted by Gasteiger charge is -2.33. The second-order valence-corrected chi connectivity index (χ2v) is 4.70. The third-order valence-corrected chi connectivity index (χ3v) is 3.85. The van der Waals surface area contributed by atoms with Gasteiger partial charge in [-0.05, 0) is 37.5 Å². The van der Waals surface area contributed by atoms with Gasteiger partial charge < -0.3 is 9.94 Å². The predicted molar refractivity (Wildman–Crippen MR) is 61.7 cm³/mol. The summed E-state index contributed by atoms with van der Waals surface area (Å²) in [6, 6.07) is 4.22. The number of benzene rings is 1. The van der Waals surface area contributed by atoms with Crippen molar-refractivity contribution in [3.8, 4) is 5.75 Å². The molecule has 1 spiro atoms. The molecule has 0 radical (unpaired) electrons. The van der Waals surface area contributed by atoms with Crippen molar-refractivity contribution in [2.75, 3.05) is 6.61 Å². The summed E-state index contributed by atoms with van der Waals surface area (Å²) >= 11 is 0. The molecule has 0 aromatic heterocycles. The molecule has 1 aliphatic carbocycles. The summed E-state index contributed by atoms with van der Waals surface area (Å²) < 4.78 is 18.9. The molecule has 2 aliphatic rings. The van der Waals surface area contributed by atoms with Crippen LogP contribution >= 0.6 is 0 Å². The SMILES string of the molecule is O=C1C(=NO)CCC12CCOc1ccc(F)cc12. The Kier molecular flexibility index (Phi) is 2.36. The van der Waals surface area contributed by atoms with Crippen LogP contribution in [0.4, 0.5) is 4.39 Å². The lowest BCUT2D eigenvalue weighted by Crippen LogP contribution is -2.38. The Morgan fingerprint density at radius 3 is 2.94 bits per heavy atom. The van der Waals surface area contributed by atoms with Crippen LogP contribution in [-0.4, -0.2) is 23.3 Å². The quantitative estimate of drug-likeness (QED) is 0.565. The fourth-order valence-electron chi connectivity index (χ4n) is 2.90. The van der Waals surface area contributed by atoms with Crippen LogP contribution in [0.2, 0.25) is 0 Å². The summed E-state index contributed by atoms with van der Waals surface area (Å²) in [4.78, 5) is 12.3. The Morgan fingerprint density at radius 1 is 1.39 bits per heavy atom. The maximum Gasteiger partial charge on any atom is 0.191 e. The van der Waals surface area contributed by atoms with E-state index in [0.717, 1.165) is 0 Å². The third-order valence-electron chi connectivity index (χ3n) is 3.85. The first-order valence-corrected chi connectivity index (χ1v) is 5.86. The van der Waals surface area contributed by atoms with Gasteiger partial charge in [0.15, 0.2) is 5.78 Å². The normalized spacial score (nSPS) is 28.5. The van der Waals surface area contributed by atoms with Crippen molar-refractivity contribution in [2.45, 2.75) is 24.7 Å². The largest absolute Gasteiger partial charge is 0.493 e. The zero-order valence-electron chi connectivity index (χ0n) is 9.65. The number of carbonyl (C=O) groups excluding carboxylic acids is 1. The molecule has 1 aliphatic heterocycles. The van der Waals surface area contributed by atoms with Crippen molar-refractivity contribution in [2.24, 2.45) is 5.16 Å². The molecular weight excluding hydrogens is 237 g/mol. The van der Waals surface area contributed by atoms with Gasteiger partial charge in [-0.2, -0.15) is 0 Å². The van der Waals surface area contributed by atoms with E-state index in [1.54, 1.807) is 6.07 Å². The van der Waals surface area contributed by atoms with E-state index < -0.39 is 5.41 Å². The van der Waals surface area contributed by atoms with E-state index in [2.05, 4.69) is 5.16 Å². The number of Topliss-reactive ketones (excluding diaryl/α,β-unsaturated/α-hetero) is 1. The van der Waals surface area contributed by atoms with E-state index in [9.17, 15) is 9.18 Å². The summed E-state index contributed by atoms with van der Waals surface area (Å²) in [5, 5.41) is 11.9. The van der Waals surface area contributed by atoms with Gasteiger partial charge in [0.2, 0.25) is 0 Å². The van der Waals surface area contributed by atoms with Crippen molar-refractivity contribution in [1.29, 1.82) is 0 Å². The van der Waals surface area contributed by atoms with Crippen LogP contribution in [0.1, 0.15) is 24.8 Å². The van der Waals surface area contributed by atoms with Crippen LogP contribution in [0.5, 0.6) is 5.75 Å². The average Bonchev–Trinajstić information content (AvgIpc) is 2.69. The molecule has 0 saturated heterocycles. The summed E-state index contributed by atoms with van der Waals surface area (Å²) in [6.45, 7) is 0.420. The van der Waals surface area contributed by atoms with Crippen LogP contribution in [0.3, 0.4) is 0 Å². The molecule has 0 amide bonds. The predicted octanol–water partition coefficient (Wildman–Crippen LogP) is 2.04. The fourth-order valence-corrected chi connectivity index (χ4v) is 2.90. The van der Waals surface area contributed by atoms with Crippen LogP contribution in [0.15, 0.2) is 23.4 Å². The topological polar surface area (TPSA) is 58.9 Å². The molecule has 0 bridgehead atoms. The van der Waals surface area contributed by atoms with Gasteiger partial charge in [-0.3, -0.25) is 4.79 Å². The van der Waals surface area contributed by atoms with Crippen LogP contribution in [0, 0.1) is 5.82 Å². The molecule has 1 unspecified atom stereocenters. The van der Waals surface area contributed by atoms with Crippen molar-refractivity contribution in [3.63, 3.8) is 0 Å². The Bertz CT molecular complexity index is 555. The number of hydrogen-bond donors (Lipinski definition) is 1. The molecule has 1 heterocycles. The van der Waals surface area contributed by atoms with Crippen molar-refractivity contribution >= 4 is 11.5 Å². The Labute approximate surface area is 103 Å². The average molecular weight is 249 g/mol. The van der Waals surface area contributed by atoms with Gasteiger partial charge >= 0.3 is 0 Å². The smallest absolute Gasteiger partial charge is 0.191 e. The highest BCUT2D eigenvalue weighted by Gasteiger charge is 2.50. The lowest BCUT2D eigenvalue weighted by atomic mass is 9.74. The number of fused-ring (bicyclic) bond motifs is 2. The molecule has 1 aromatic rings. The van der Waals surface area contributed by atoms with E-state index in [1.807, 2.05) is 0 Å². The minimum Gasteiger partial charge on any atom is -0.493 e. The highest BCUT2D eigenvalue weighted by atomic mass is 19.1. The molecule has 1 saturated carbocycles. The van der Waals surface area contributed by atoms with Crippen LogP contribution in [-0.2, 0) is 10.2 Å². The summed E-state index contributed by atoms with van der Waals surface area (Å²) in [5.41, 5.74) is -0.0124. The van der Waals surface area contributed by atoms with E-state index in [4.69, 9.17) is 9.94 Å². The molecule has 4 nitrogen and oxygen atoms in total. The maximum absolute atomic E-state index is 13.4. The Balaban J connectivity index is 2.17. The molecule has 94 valence electrons. The molecule has 1 atom stereocenters. The number of ketones is 1. The molecule has 1 aromatic carbocycles. The van der Waals surface area contributed by atoms with Crippen LogP contribution < -0.4 is 4.74 Å². The summed E-state index contributed by atoms with van der Waals surface area (Å²) in [5.74, 6) is -0.0452. The zero-order chi connectivity index (χ0) is 12.8. The van der Waals surface area contributed by atoms with Gasteiger partial charge in [0, 0.05) is 5.56 Å². The number of ether oxygens (including phenoxy) is 1. The Morgan fingerprint density at radius 2 is 2.22 bits per heavy atom. The monoisotopic (exact) mass is 249 g/mol. The number of nitrogens with zero attached hydrogens (tertiary/aromatic N) is 1. The van der Waals surface area contributed by atoms with Gasteiger partial charge in [0.1, 0.15) is 17.3 Å². The maximum atomic E-state index is 13.4. The standard InChI is InChI=1S/C13H12FNO3/c14-8-1-2-11-9(7-8)13(5-6-18-11)4-3-10(15-17)12(13)16/h1-2,7,17H,3-6H2. The van der Waals surface area contributed by atoms with E-state index in [1.165, 1.54) is 12.1 Å². The minimum atomic E-state index is -0.767. The summed E-state index contributed by atoms with van der Waals surface area (Å²) in [7, 11) is 0. The number of oxime groups is 1. The Hall–Kier alpha value is -1.91. The van der Waals surface area contributed by atoms with Gasteiger partial charge in [-0.1, -0.05) is 5.16 Å². The van der Waals surface area contributed by atoms with Crippen molar-refractivity contribution in [3.05, 3.63) is 29.6 Å². The number of rotatable bonds is 0. The lowest BCUT2D eigenvalue weighted by molar-refractivity contribution is -0.118. The second kappa shape index (κ2) is 3.80. The number of halogens is 1.